The number of aryl methyl sites for hydroxylation is 1. The van der Waals surface area contributed by atoms with E-state index in [9.17, 15) is 28.7 Å². The summed E-state index contributed by atoms with van der Waals surface area (Å²) in [4.78, 5) is 54.7. The van der Waals surface area contributed by atoms with Crippen molar-refractivity contribution in [2.45, 2.75) is 109 Å². The third-order valence-electron chi connectivity index (χ3n) is 10.6. The number of amides is 3. The second-order valence-electron chi connectivity index (χ2n) is 14.6. The highest BCUT2D eigenvalue weighted by Gasteiger charge is 2.52. The third kappa shape index (κ3) is 6.74. The highest BCUT2D eigenvalue weighted by atomic mass is 19.1. The van der Waals surface area contributed by atoms with E-state index in [1.54, 1.807) is 37.3 Å². The number of likely N-dealkylation sites (tertiary alicyclic amines) is 1. The van der Waals surface area contributed by atoms with Gasteiger partial charge in [0.15, 0.2) is 0 Å². The first-order chi connectivity index (χ1) is 21.8. The minimum atomic E-state index is -1.09. The zero-order valence-corrected chi connectivity index (χ0v) is 27.5. The second kappa shape index (κ2) is 13.6. The van der Waals surface area contributed by atoms with E-state index >= 15 is 0 Å². The molecule has 10 nitrogen and oxygen atoms in total. The Bertz CT molecular complexity index is 1450. The van der Waals surface area contributed by atoms with Crippen LogP contribution in [0.2, 0.25) is 0 Å². The van der Waals surface area contributed by atoms with Crippen LogP contribution < -0.4 is 11.1 Å². The van der Waals surface area contributed by atoms with Crippen molar-refractivity contribution < 1.29 is 33.4 Å². The fourth-order valence-corrected chi connectivity index (χ4v) is 8.55. The molecule has 5 rings (SSSR count). The molecule has 3 amide bonds. The number of fused-ring (bicyclic) bond motifs is 1. The van der Waals surface area contributed by atoms with Crippen molar-refractivity contribution >= 4 is 34.8 Å². The number of primary amides is 1. The monoisotopic (exact) mass is 640 g/mol. The summed E-state index contributed by atoms with van der Waals surface area (Å²) < 4.78 is 21.1. The Labute approximate surface area is 270 Å². The van der Waals surface area contributed by atoms with Gasteiger partial charge in [0.05, 0.1) is 12.1 Å². The van der Waals surface area contributed by atoms with E-state index in [2.05, 4.69) is 5.32 Å². The van der Waals surface area contributed by atoms with E-state index < -0.39 is 54.3 Å². The van der Waals surface area contributed by atoms with Crippen molar-refractivity contribution in [3.8, 4) is 0 Å². The first-order valence-corrected chi connectivity index (χ1v) is 16.8. The SMILES string of the molecule is Cn1c(C(=O)O)c(C2C[C@@H](C3CCCCC3)[C@@H](C(N)=O)N2C(=O)C2CCC(C(CF)NC(=O)OC(C)(C)C)CC2)c2ccccc21. The Morgan fingerprint density at radius 1 is 1.04 bits per heavy atom. The molecule has 1 aromatic heterocycles. The van der Waals surface area contributed by atoms with Crippen LogP contribution in [0.15, 0.2) is 24.3 Å². The minimum Gasteiger partial charge on any atom is -0.477 e. The smallest absolute Gasteiger partial charge is 0.407 e. The molecule has 2 aromatic rings. The van der Waals surface area contributed by atoms with Gasteiger partial charge in [-0.25, -0.2) is 14.0 Å². The summed E-state index contributed by atoms with van der Waals surface area (Å²) in [6, 6.07) is 5.26. The van der Waals surface area contributed by atoms with Crippen LogP contribution in [0.25, 0.3) is 10.9 Å². The van der Waals surface area contributed by atoms with Gasteiger partial charge < -0.3 is 30.4 Å². The number of aromatic carboxylic acids is 1. The second-order valence-corrected chi connectivity index (χ2v) is 14.6. The van der Waals surface area contributed by atoms with Crippen LogP contribution in [0.5, 0.6) is 0 Å². The van der Waals surface area contributed by atoms with Crippen LogP contribution in [0.1, 0.15) is 107 Å². The molecule has 2 saturated carbocycles. The lowest BCUT2D eigenvalue weighted by Gasteiger charge is -2.38. The van der Waals surface area contributed by atoms with Gasteiger partial charge in [0, 0.05) is 29.4 Å². The van der Waals surface area contributed by atoms with Gasteiger partial charge in [0.1, 0.15) is 24.0 Å². The van der Waals surface area contributed by atoms with Crippen molar-refractivity contribution in [1.82, 2.24) is 14.8 Å². The van der Waals surface area contributed by atoms with Crippen LogP contribution in [0, 0.1) is 23.7 Å². The van der Waals surface area contributed by atoms with Crippen LogP contribution in [-0.2, 0) is 21.4 Å². The molecule has 0 bridgehead atoms. The number of carboxylic acids is 1. The lowest BCUT2D eigenvalue weighted by atomic mass is 9.75. The third-order valence-corrected chi connectivity index (χ3v) is 10.6. The van der Waals surface area contributed by atoms with E-state index in [4.69, 9.17) is 10.5 Å². The number of nitrogens with one attached hydrogen (secondary N) is 1. The average Bonchev–Trinajstić information content (AvgIpc) is 3.55. The van der Waals surface area contributed by atoms with Crippen molar-refractivity contribution in [2.75, 3.05) is 6.67 Å². The quantitative estimate of drug-likeness (QED) is 0.329. The van der Waals surface area contributed by atoms with Crippen LogP contribution >= 0.6 is 0 Å². The standard InChI is InChI=1S/C35H49FN4O6/c1-35(2,3)46-34(45)38-25(19-36)21-14-16-22(17-15-21)32(42)40-27(18-24(29(40)31(37)41)20-10-6-5-7-11-20)28-23-12-8-9-13-26(23)39(4)30(28)33(43)44/h8-9,12-13,20-22,24-25,27,29H,5-7,10-11,14-19H2,1-4H3,(H2,37,41)(H,38,45)(H,43,44)/t21?,22?,24-,25?,27?,29-/m0/s1. The molecule has 4 atom stereocenters. The summed E-state index contributed by atoms with van der Waals surface area (Å²) in [7, 11) is 1.72. The molecule has 46 heavy (non-hydrogen) atoms. The number of benzene rings is 1. The Hall–Kier alpha value is -3.63. The van der Waals surface area contributed by atoms with Gasteiger partial charge in [0.25, 0.3) is 0 Å². The summed E-state index contributed by atoms with van der Waals surface area (Å²) in [5, 5.41) is 13.8. The predicted molar refractivity (Wildman–Crippen MR) is 172 cm³/mol. The van der Waals surface area contributed by atoms with E-state index in [0.717, 1.165) is 43.0 Å². The van der Waals surface area contributed by atoms with Gasteiger partial charge >= 0.3 is 12.1 Å². The highest BCUT2D eigenvalue weighted by Crippen LogP contribution is 2.50. The molecule has 1 aromatic carbocycles. The van der Waals surface area contributed by atoms with Crippen LogP contribution in [-0.4, -0.2) is 62.8 Å². The van der Waals surface area contributed by atoms with Gasteiger partial charge in [-0.3, -0.25) is 9.59 Å². The number of aromatic nitrogens is 1. The van der Waals surface area contributed by atoms with Gasteiger partial charge in [-0.05, 0) is 76.7 Å². The van der Waals surface area contributed by atoms with Gasteiger partial charge in [-0.2, -0.15) is 0 Å². The Morgan fingerprint density at radius 3 is 2.28 bits per heavy atom. The number of hydrogen-bond donors (Lipinski definition) is 3. The normalized spacial score (nSPS) is 26.5. The Morgan fingerprint density at radius 2 is 1.70 bits per heavy atom. The Kier molecular flexibility index (Phi) is 9.98. The molecule has 2 heterocycles. The Balaban J connectivity index is 1.46. The van der Waals surface area contributed by atoms with Crippen molar-refractivity contribution in [1.29, 1.82) is 0 Å². The molecular formula is C35H49FN4O6. The molecule has 3 fully saturated rings. The number of alkyl halides is 1. The molecular weight excluding hydrogens is 591 g/mol. The molecule has 1 saturated heterocycles. The number of carbonyl (C=O) groups excluding carboxylic acids is 3. The summed E-state index contributed by atoms with van der Waals surface area (Å²) in [5.74, 6) is -2.41. The highest BCUT2D eigenvalue weighted by molar-refractivity contribution is 5.99. The first kappa shape index (κ1) is 33.7. The number of para-hydroxylation sites is 1. The zero-order valence-electron chi connectivity index (χ0n) is 27.5. The van der Waals surface area contributed by atoms with Crippen LogP contribution in [0.3, 0.4) is 0 Å². The summed E-state index contributed by atoms with van der Waals surface area (Å²) in [6.45, 7) is 4.49. The molecule has 0 spiro atoms. The molecule has 252 valence electrons. The largest absolute Gasteiger partial charge is 0.477 e. The van der Waals surface area contributed by atoms with Gasteiger partial charge in [-0.1, -0.05) is 50.3 Å². The number of carbonyl (C=O) groups is 4. The van der Waals surface area contributed by atoms with E-state index in [-0.39, 0.29) is 29.4 Å². The maximum Gasteiger partial charge on any atom is 0.407 e. The van der Waals surface area contributed by atoms with Gasteiger partial charge in [0.2, 0.25) is 11.8 Å². The van der Waals surface area contributed by atoms with E-state index in [1.807, 2.05) is 24.3 Å². The molecule has 11 heteroatoms. The molecule has 3 aliphatic rings. The number of alkyl carbamates (subject to hydrolysis) is 1. The number of ether oxygens (including phenoxy) is 1. The van der Waals surface area contributed by atoms with Crippen molar-refractivity contribution in [3.05, 3.63) is 35.5 Å². The number of nitrogens with zero attached hydrogens (tertiary/aromatic N) is 2. The van der Waals surface area contributed by atoms with Crippen molar-refractivity contribution in [2.24, 2.45) is 36.5 Å². The fraction of sp³-hybridized carbons (Fsp3) is 0.657. The van der Waals surface area contributed by atoms with Gasteiger partial charge in [-0.15, -0.1) is 0 Å². The molecule has 1 aliphatic heterocycles. The van der Waals surface area contributed by atoms with E-state index in [0.29, 0.717) is 37.7 Å². The minimum absolute atomic E-state index is 0.110. The maximum absolute atomic E-state index is 14.6. The summed E-state index contributed by atoms with van der Waals surface area (Å²) in [5.41, 5.74) is 6.83. The lowest BCUT2D eigenvalue weighted by molar-refractivity contribution is -0.145. The number of halogens is 1. The number of carboxylic acid groups (broad SMARTS) is 1. The molecule has 0 radical (unpaired) electrons. The zero-order chi connectivity index (χ0) is 33.3. The maximum atomic E-state index is 14.6. The topological polar surface area (TPSA) is 144 Å². The summed E-state index contributed by atoms with van der Waals surface area (Å²) >= 11 is 0. The average molecular weight is 641 g/mol. The summed E-state index contributed by atoms with van der Waals surface area (Å²) in [6.07, 6.45) is 6.88. The van der Waals surface area contributed by atoms with E-state index in [1.165, 1.54) is 0 Å². The molecule has 2 aliphatic carbocycles. The number of nitrogens with two attached hydrogens (primary N) is 1. The number of rotatable bonds is 8. The van der Waals surface area contributed by atoms with Crippen LogP contribution in [0.4, 0.5) is 9.18 Å². The lowest BCUT2D eigenvalue weighted by Crippen LogP contribution is -2.51. The number of hydrogen-bond acceptors (Lipinski definition) is 5. The first-order valence-electron chi connectivity index (χ1n) is 16.8. The molecule has 2 unspecified atom stereocenters. The van der Waals surface area contributed by atoms with Crippen molar-refractivity contribution in [3.63, 3.8) is 0 Å². The molecule has 4 N–H and O–H groups in total. The fourth-order valence-electron chi connectivity index (χ4n) is 8.55. The predicted octanol–water partition coefficient (Wildman–Crippen LogP) is 5.87.